The van der Waals surface area contributed by atoms with Gasteiger partial charge in [-0.15, -0.1) is 0 Å². The zero-order chi connectivity index (χ0) is 21.0. The number of sulfone groups is 1. The Morgan fingerprint density at radius 3 is 2.59 bits per heavy atom. The van der Waals surface area contributed by atoms with Crippen molar-refractivity contribution in [2.45, 2.75) is 10.9 Å². The van der Waals surface area contributed by atoms with E-state index in [1.165, 1.54) is 18.2 Å². The van der Waals surface area contributed by atoms with Crippen molar-refractivity contribution in [1.29, 1.82) is 0 Å². The Balaban J connectivity index is 1.86. The molecule has 0 aromatic heterocycles. The molecule has 10 heteroatoms. The Morgan fingerprint density at radius 2 is 1.97 bits per heavy atom. The maximum atomic E-state index is 12.0. The quantitative estimate of drug-likeness (QED) is 0.522. The molecule has 0 spiro atoms. The summed E-state index contributed by atoms with van der Waals surface area (Å²) in [6.07, 6.45) is 0.960. The van der Waals surface area contributed by atoms with Crippen molar-refractivity contribution in [3.05, 3.63) is 63.2 Å². The van der Waals surface area contributed by atoms with Gasteiger partial charge in [0.15, 0.2) is 9.84 Å². The van der Waals surface area contributed by atoms with E-state index in [1.54, 1.807) is 0 Å². The van der Waals surface area contributed by atoms with Gasteiger partial charge in [0.05, 0.1) is 24.2 Å². The van der Waals surface area contributed by atoms with Gasteiger partial charge in [0, 0.05) is 42.7 Å². The first-order valence-corrected chi connectivity index (χ1v) is 11.3. The molecule has 29 heavy (non-hydrogen) atoms. The van der Waals surface area contributed by atoms with E-state index in [1.807, 2.05) is 24.3 Å². The van der Waals surface area contributed by atoms with E-state index in [0.29, 0.717) is 30.5 Å². The molecule has 1 N–H and O–H groups in total. The van der Waals surface area contributed by atoms with Crippen molar-refractivity contribution >= 4 is 32.8 Å². The van der Waals surface area contributed by atoms with Crippen LogP contribution in [0.4, 0.5) is 11.4 Å². The number of ether oxygens (including phenoxy) is 1. The third-order valence-electron chi connectivity index (χ3n) is 4.78. The molecule has 1 unspecified atom stereocenters. The monoisotopic (exact) mass is 439 g/mol. The highest BCUT2D eigenvalue weighted by Gasteiger charge is 2.25. The predicted molar refractivity (Wildman–Crippen MR) is 111 cm³/mol. The summed E-state index contributed by atoms with van der Waals surface area (Å²) in [4.78, 5) is 12.4. The molecule has 0 aliphatic carbocycles. The van der Waals surface area contributed by atoms with Gasteiger partial charge in [-0.3, -0.25) is 15.0 Å². The van der Waals surface area contributed by atoms with E-state index in [2.05, 4.69) is 10.2 Å². The maximum Gasteiger partial charge on any atom is 0.288 e. The molecule has 0 radical (unpaired) electrons. The van der Waals surface area contributed by atoms with Gasteiger partial charge in [0.1, 0.15) is 4.90 Å². The topological polar surface area (TPSA) is 102 Å². The van der Waals surface area contributed by atoms with E-state index in [4.69, 9.17) is 16.3 Å². The van der Waals surface area contributed by atoms with Gasteiger partial charge in [0.2, 0.25) is 0 Å². The van der Waals surface area contributed by atoms with Crippen molar-refractivity contribution in [3.63, 3.8) is 0 Å². The summed E-state index contributed by atoms with van der Waals surface area (Å²) in [7, 11) is -3.74. The lowest BCUT2D eigenvalue weighted by Crippen LogP contribution is -2.41. The number of hydrogen-bond acceptors (Lipinski definition) is 7. The van der Waals surface area contributed by atoms with Crippen LogP contribution in [0.25, 0.3) is 0 Å². The molecule has 0 saturated carbocycles. The van der Waals surface area contributed by atoms with Crippen molar-refractivity contribution in [2.75, 3.05) is 44.4 Å². The number of anilines is 1. The van der Waals surface area contributed by atoms with Crippen LogP contribution in [-0.2, 0) is 14.6 Å². The summed E-state index contributed by atoms with van der Waals surface area (Å²) < 4.78 is 29.4. The molecular weight excluding hydrogens is 418 g/mol. The average molecular weight is 440 g/mol. The van der Waals surface area contributed by atoms with E-state index in [9.17, 15) is 18.5 Å². The molecule has 0 amide bonds. The third kappa shape index (κ3) is 5.45. The fraction of sp³-hybridized carbons (Fsp3) is 0.368. The van der Waals surface area contributed by atoms with Crippen LogP contribution in [0, 0.1) is 10.1 Å². The summed E-state index contributed by atoms with van der Waals surface area (Å²) in [5.74, 6) is 0. The second-order valence-electron chi connectivity index (χ2n) is 6.81. The minimum absolute atomic E-state index is 0.0190. The van der Waals surface area contributed by atoms with Crippen molar-refractivity contribution in [3.8, 4) is 0 Å². The number of halogens is 1. The first kappa shape index (κ1) is 21.5. The minimum Gasteiger partial charge on any atom is -0.383 e. The normalized spacial score (nSPS) is 16.3. The van der Waals surface area contributed by atoms with Crippen LogP contribution in [0.2, 0.25) is 5.02 Å². The Bertz CT molecular complexity index is 993. The lowest BCUT2D eigenvalue weighted by atomic mass is 10.0. The number of rotatable bonds is 7. The molecule has 2 aromatic carbocycles. The fourth-order valence-corrected chi connectivity index (χ4v) is 4.41. The third-order valence-corrected chi connectivity index (χ3v) is 6.14. The van der Waals surface area contributed by atoms with Gasteiger partial charge < -0.3 is 10.1 Å². The van der Waals surface area contributed by atoms with E-state index < -0.39 is 20.4 Å². The highest BCUT2D eigenvalue weighted by atomic mass is 35.5. The first-order chi connectivity index (χ1) is 13.8. The molecule has 1 saturated heterocycles. The maximum absolute atomic E-state index is 12.0. The highest BCUT2D eigenvalue weighted by molar-refractivity contribution is 7.90. The average Bonchev–Trinajstić information content (AvgIpc) is 2.68. The number of nitrogens with zero attached hydrogens (tertiary/aromatic N) is 2. The van der Waals surface area contributed by atoms with Gasteiger partial charge in [-0.1, -0.05) is 23.7 Å². The Hall–Kier alpha value is -2.20. The second-order valence-corrected chi connectivity index (χ2v) is 9.23. The Morgan fingerprint density at radius 1 is 1.24 bits per heavy atom. The predicted octanol–water partition coefficient (Wildman–Crippen LogP) is 3.14. The molecule has 3 rings (SSSR count). The van der Waals surface area contributed by atoms with Crippen LogP contribution < -0.4 is 5.32 Å². The molecule has 2 aromatic rings. The molecular formula is C19H22ClN3O5S. The summed E-state index contributed by atoms with van der Waals surface area (Å²) in [6, 6.07) is 11.6. The van der Waals surface area contributed by atoms with Crippen LogP contribution in [0.1, 0.15) is 11.6 Å². The molecule has 0 bridgehead atoms. The standard InChI is InChI=1S/C19H22ClN3O5S/c1-29(26,27)19-12-16(5-6-17(19)23(24)25)21-13-18(22-7-9-28-10-8-22)14-3-2-4-15(20)11-14/h2-6,11-12,18,21H,7-10,13H2,1H3. The summed E-state index contributed by atoms with van der Waals surface area (Å²) >= 11 is 6.17. The number of nitrogens with one attached hydrogen (secondary N) is 1. The van der Waals surface area contributed by atoms with Gasteiger partial charge in [0.25, 0.3) is 5.69 Å². The minimum atomic E-state index is -3.74. The number of nitro benzene ring substituents is 1. The van der Waals surface area contributed by atoms with Crippen LogP contribution in [0.3, 0.4) is 0 Å². The largest absolute Gasteiger partial charge is 0.383 e. The van der Waals surface area contributed by atoms with Gasteiger partial charge in [-0.2, -0.15) is 0 Å². The van der Waals surface area contributed by atoms with Crippen LogP contribution in [0.5, 0.6) is 0 Å². The zero-order valence-electron chi connectivity index (χ0n) is 15.9. The zero-order valence-corrected chi connectivity index (χ0v) is 17.4. The van der Waals surface area contributed by atoms with Gasteiger partial charge in [-0.05, 0) is 29.8 Å². The fourth-order valence-electron chi connectivity index (χ4n) is 3.35. The van der Waals surface area contributed by atoms with Crippen LogP contribution >= 0.6 is 11.6 Å². The lowest BCUT2D eigenvalue weighted by molar-refractivity contribution is -0.387. The van der Waals surface area contributed by atoms with E-state index in [0.717, 1.165) is 24.9 Å². The number of nitro groups is 1. The van der Waals surface area contributed by atoms with Crippen LogP contribution in [0.15, 0.2) is 47.4 Å². The number of hydrogen-bond donors (Lipinski definition) is 1. The summed E-state index contributed by atoms with van der Waals surface area (Å²) in [5, 5.41) is 15.0. The van der Waals surface area contributed by atoms with E-state index >= 15 is 0 Å². The number of benzene rings is 2. The van der Waals surface area contributed by atoms with Crippen molar-refractivity contribution < 1.29 is 18.1 Å². The first-order valence-electron chi connectivity index (χ1n) is 9.05. The van der Waals surface area contributed by atoms with Crippen molar-refractivity contribution in [2.24, 2.45) is 0 Å². The SMILES string of the molecule is CS(=O)(=O)c1cc(NCC(c2cccc(Cl)c2)N2CCOCC2)ccc1[N+](=O)[O-]. The summed E-state index contributed by atoms with van der Waals surface area (Å²) in [5.41, 5.74) is 1.09. The second kappa shape index (κ2) is 9.08. The molecule has 1 heterocycles. The van der Waals surface area contributed by atoms with Gasteiger partial charge >= 0.3 is 0 Å². The van der Waals surface area contributed by atoms with Gasteiger partial charge in [-0.25, -0.2) is 8.42 Å². The van der Waals surface area contributed by atoms with Crippen molar-refractivity contribution in [1.82, 2.24) is 4.90 Å². The Labute approximate surface area is 174 Å². The summed E-state index contributed by atoms with van der Waals surface area (Å²) in [6.45, 7) is 3.25. The van der Waals surface area contributed by atoms with E-state index in [-0.39, 0.29) is 10.9 Å². The highest BCUT2D eigenvalue weighted by Crippen LogP contribution is 2.29. The Kier molecular flexibility index (Phi) is 6.74. The molecule has 1 aliphatic rings. The molecule has 1 aliphatic heterocycles. The number of morpholine rings is 1. The smallest absolute Gasteiger partial charge is 0.288 e. The molecule has 1 fully saturated rings. The lowest BCUT2D eigenvalue weighted by Gasteiger charge is -2.35. The molecule has 1 atom stereocenters. The molecule has 8 nitrogen and oxygen atoms in total. The van der Waals surface area contributed by atoms with Crippen LogP contribution in [-0.4, -0.2) is 57.3 Å². The molecule has 156 valence electrons.